The maximum absolute atomic E-state index is 6.88. The van der Waals surface area contributed by atoms with Gasteiger partial charge in [0, 0.05) is 43.4 Å². The molecule has 0 amide bonds. The highest BCUT2D eigenvalue weighted by Crippen LogP contribution is 2.58. The third kappa shape index (κ3) is 2.58. The van der Waals surface area contributed by atoms with Crippen molar-refractivity contribution in [3.8, 4) is 16.8 Å². The van der Waals surface area contributed by atoms with Gasteiger partial charge < -0.3 is 13.4 Å². The van der Waals surface area contributed by atoms with Crippen LogP contribution in [0.4, 0.5) is 0 Å². The zero-order valence-corrected chi connectivity index (χ0v) is 23.2. The zero-order valence-electron chi connectivity index (χ0n) is 23.2. The van der Waals surface area contributed by atoms with Crippen LogP contribution >= 0.6 is 0 Å². The minimum Gasteiger partial charge on any atom is -0.456 e. The molecule has 0 atom stereocenters. The Morgan fingerprint density at radius 1 is 0.571 bits per heavy atom. The monoisotopic (exact) mass is 539 g/mol. The van der Waals surface area contributed by atoms with Gasteiger partial charge in [0.1, 0.15) is 16.7 Å². The van der Waals surface area contributed by atoms with Crippen molar-refractivity contribution < 1.29 is 8.83 Å². The lowest BCUT2D eigenvalue weighted by molar-refractivity contribution is 0.658. The number of furan rings is 2. The van der Waals surface area contributed by atoms with Crippen LogP contribution in [0.15, 0.2) is 124 Å². The van der Waals surface area contributed by atoms with Gasteiger partial charge in [-0.25, -0.2) is 0 Å². The van der Waals surface area contributed by atoms with Crippen LogP contribution in [0.3, 0.4) is 0 Å². The standard InChI is InChI=1S/C39H25NO2/c1-39(2)28-15-7-3-12-24(28)33-34-25-13-4-8-16-29(25)40(22-19-20-32-27(21-22)23-11-5-9-17-30(23)41-32)37(34)38-35(36(33)39)26-14-6-10-18-31(26)42-38/h3-21H,1-2H3. The molecule has 3 heterocycles. The summed E-state index contributed by atoms with van der Waals surface area (Å²) >= 11 is 0. The van der Waals surface area contributed by atoms with Gasteiger partial charge in [0.05, 0.1) is 11.0 Å². The molecule has 3 heteroatoms. The van der Waals surface area contributed by atoms with Crippen LogP contribution in [0, 0.1) is 0 Å². The van der Waals surface area contributed by atoms with Crippen LogP contribution in [-0.4, -0.2) is 4.57 Å². The highest BCUT2D eigenvalue weighted by atomic mass is 16.3. The zero-order chi connectivity index (χ0) is 27.7. The predicted molar refractivity (Wildman–Crippen MR) is 173 cm³/mol. The summed E-state index contributed by atoms with van der Waals surface area (Å²) in [6.45, 7) is 4.73. The SMILES string of the molecule is CC1(C)c2ccccc2-c2c1c1c3ccccc3oc1c1c2c2ccccc2n1-c1ccc2oc3ccccc3c2c1. The van der Waals surface area contributed by atoms with E-state index in [1.54, 1.807) is 0 Å². The fraction of sp³-hybridized carbons (Fsp3) is 0.0769. The van der Waals surface area contributed by atoms with Gasteiger partial charge >= 0.3 is 0 Å². The topological polar surface area (TPSA) is 31.2 Å². The summed E-state index contributed by atoms with van der Waals surface area (Å²) in [5, 5.41) is 7.11. The molecule has 0 fully saturated rings. The van der Waals surface area contributed by atoms with Crippen molar-refractivity contribution in [2.75, 3.05) is 0 Å². The molecule has 6 aromatic carbocycles. The van der Waals surface area contributed by atoms with Gasteiger partial charge in [-0.05, 0) is 58.7 Å². The molecule has 9 aromatic rings. The molecule has 0 bridgehead atoms. The van der Waals surface area contributed by atoms with E-state index in [0.717, 1.165) is 49.8 Å². The molecule has 0 radical (unpaired) electrons. The highest BCUT2D eigenvalue weighted by Gasteiger charge is 2.41. The Morgan fingerprint density at radius 2 is 1.24 bits per heavy atom. The average Bonchev–Trinajstić information content (AvgIpc) is 3.74. The van der Waals surface area contributed by atoms with Crippen LogP contribution in [0.5, 0.6) is 0 Å². The van der Waals surface area contributed by atoms with E-state index >= 15 is 0 Å². The minimum atomic E-state index is -0.178. The Morgan fingerprint density at radius 3 is 2.10 bits per heavy atom. The lowest BCUT2D eigenvalue weighted by Gasteiger charge is -2.22. The number of nitrogens with zero attached hydrogens (tertiary/aromatic N) is 1. The summed E-state index contributed by atoms with van der Waals surface area (Å²) in [5.41, 5.74) is 12.2. The highest BCUT2D eigenvalue weighted by molar-refractivity contribution is 6.29. The van der Waals surface area contributed by atoms with Crippen LogP contribution < -0.4 is 0 Å². The first-order valence-electron chi connectivity index (χ1n) is 14.5. The van der Waals surface area contributed by atoms with Crippen molar-refractivity contribution in [2.45, 2.75) is 19.3 Å². The molecule has 0 saturated carbocycles. The van der Waals surface area contributed by atoms with E-state index in [-0.39, 0.29) is 5.41 Å². The second-order valence-corrected chi connectivity index (χ2v) is 12.1. The third-order valence-corrected chi connectivity index (χ3v) is 9.55. The van der Waals surface area contributed by atoms with Crippen LogP contribution in [-0.2, 0) is 5.41 Å². The molecular formula is C39H25NO2. The van der Waals surface area contributed by atoms with Crippen molar-refractivity contribution in [2.24, 2.45) is 0 Å². The summed E-state index contributed by atoms with van der Waals surface area (Å²) in [7, 11) is 0. The molecule has 0 unspecified atom stereocenters. The Labute approximate surface area is 241 Å². The van der Waals surface area contributed by atoms with E-state index in [1.165, 1.54) is 43.8 Å². The predicted octanol–water partition coefficient (Wildman–Crippen LogP) is 10.9. The molecule has 0 N–H and O–H groups in total. The average molecular weight is 540 g/mol. The fourth-order valence-corrected chi connectivity index (χ4v) is 7.81. The summed E-state index contributed by atoms with van der Waals surface area (Å²) in [6.07, 6.45) is 0. The van der Waals surface area contributed by atoms with Crippen molar-refractivity contribution in [1.29, 1.82) is 0 Å². The van der Waals surface area contributed by atoms with Gasteiger partial charge in [0.2, 0.25) is 0 Å². The number of hydrogen-bond acceptors (Lipinski definition) is 2. The third-order valence-electron chi connectivity index (χ3n) is 9.55. The van der Waals surface area contributed by atoms with Crippen molar-refractivity contribution in [3.63, 3.8) is 0 Å². The van der Waals surface area contributed by atoms with E-state index in [0.29, 0.717) is 0 Å². The van der Waals surface area contributed by atoms with Crippen LogP contribution in [0.2, 0.25) is 0 Å². The molecule has 0 saturated heterocycles. The molecule has 0 aliphatic heterocycles. The Balaban J connectivity index is 1.48. The second kappa shape index (κ2) is 7.51. The largest absolute Gasteiger partial charge is 0.456 e. The lowest BCUT2D eigenvalue weighted by atomic mass is 9.80. The van der Waals surface area contributed by atoms with E-state index in [9.17, 15) is 0 Å². The fourth-order valence-electron chi connectivity index (χ4n) is 7.81. The number of hydrogen-bond donors (Lipinski definition) is 0. The summed E-state index contributed by atoms with van der Waals surface area (Å²) in [5.74, 6) is 0. The molecule has 3 nitrogen and oxygen atoms in total. The number of para-hydroxylation sites is 3. The van der Waals surface area contributed by atoms with E-state index in [2.05, 4.69) is 122 Å². The lowest BCUT2D eigenvalue weighted by Crippen LogP contribution is -2.15. The minimum absolute atomic E-state index is 0.178. The molecule has 10 rings (SSSR count). The van der Waals surface area contributed by atoms with E-state index < -0.39 is 0 Å². The van der Waals surface area contributed by atoms with E-state index in [1.807, 2.05) is 12.1 Å². The smallest absolute Gasteiger partial charge is 0.160 e. The van der Waals surface area contributed by atoms with Gasteiger partial charge in [-0.2, -0.15) is 0 Å². The molecule has 3 aromatic heterocycles. The molecule has 198 valence electrons. The summed E-state index contributed by atoms with van der Waals surface area (Å²) in [6, 6.07) is 41.0. The Hall–Kier alpha value is -5.28. The number of fused-ring (bicyclic) bond motifs is 15. The summed E-state index contributed by atoms with van der Waals surface area (Å²) in [4.78, 5) is 0. The Kier molecular flexibility index (Phi) is 4.01. The van der Waals surface area contributed by atoms with Gasteiger partial charge in [-0.3, -0.25) is 0 Å². The first-order chi connectivity index (χ1) is 20.6. The van der Waals surface area contributed by atoms with Gasteiger partial charge in [0.25, 0.3) is 0 Å². The molecular weight excluding hydrogens is 514 g/mol. The quantitative estimate of drug-likeness (QED) is 0.208. The molecule has 1 aliphatic rings. The van der Waals surface area contributed by atoms with Crippen molar-refractivity contribution in [3.05, 3.63) is 126 Å². The molecule has 1 aliphatic carbocycles. The first kappa shape index (κ1) is 22.4. The van der Waals surface area contributed by atoms with Crippen molar-refractivity contribution in [1.82, 2.24) is 4.57 Å². The summed E-state index contributed by atoms with van der Waals surface area (Å²) < 4.78 is 15.5. The maximum atomic E-state index is 6.88. The van der Waals surface area contributed by atoms with Gasteiger partial charge in [-0.15, -0.1) is 0 Å². The molecule has 42 heavy (non-hydrogen) atoms. The Bertz CT molecular complexity index is 2610. The van der Waals surface area contributed by atoms with Gasteiger partial charge in [0.15, 0.2) is 5.58 Å². The number of benzene rings is 6. The van der Waals surface area contributed by atoms with Gasteiger partial charge in [-0.1, -0.05) is 92.7 Å². The number of rotatable bonds is 1. The number of aromatic nitrogens is 1. The molecule has 0 spiro atoms. The first-order valence-corrected chi connectivity index (χ1v) is 14.5. The second-order valence-electron chi connectivity index (χ2n) is 12.1. The van der Waals surface area contributed by atoms with Crippen molar-refractivity contribution >= 4 is 65.7 Å². The van der Waals surface area contributed by atoms with E-state index in [4.69, 9.17) is 8.83 Å². The van der Waals surface area contributed by atoms with Crippen LogP contribution in [0.25, 0.3) is 82.5 Å². The normalized spacial score (nSPS) is 14.1. The van der Waals surface area contributed by atoms with Crippen LogP contribution in [0.1, 0.15) is 25.0 Å². The maximum Gasteiger partial charge on any atom is 0.160 e.